The second-order valence-corrected chi connectivity index (χ2v) is 3.95. The molecule has 16 heavy (non-hydrogen) atoms. The number of pyridine rings is 1. The van der Waals surface area contributed by atoms with Crippen LogP contribution in [-0.2, 0) is 6.61 Å². The number of nitrogens with zero attached hydrogens (tertiary/aromatic N) is 1. The lowest BCUT2D eigenvalue weighted by atomic mass is 10.00. The Morgan fingerprint density at radius 3 is 2.75 bits per heavy atom. The number of benzene rings is 1. The van der Waals surface area contributed by atoms with E-state index in [4.69, 9.17) is 5.11 Å². The SMILES string of the molecule is Cc1cccc(-c2cc(CO)ccn2)c1C. The summed E-state index contributed by atoms with van der Waals surface area (Å²) in [4.78, 5) is 4.35. The molecular formula is C14H15NO. The number of aryl methyl sites for hydroxylation is 1. The lowest BCUT2D eigenvalue weighted by molar-refractivity contribution is 0.282. The maximum Gasteiger partial charge on any atom is 0.0708 e. The van der Waals surface area contributed by atoms with E-state index < -0.39 is 0 Å². The average Bonchev–Trinajstić information content (AvgIpc) is 2.33. The fraction of sp³-hybridized carbons (Fsp3) is 0.214. The van der Waals surface area contributed by atoms with Gasteiger partial charge in [0, 0.05) is 11.8 Å². The number of hydrogen-bond acceptors (Lipinski definition) is 2. The van der Waals surface area contributed by atoms with Gasteiger partial charge in [-0.1, -0.05) is 18.2 Å². The predicted molar refractivity (Wildman–Crippen MR) is 65.1 cm³/mol. The van der Waals surface area contributed by atoms with Crippen molar-refractivity contribution in [2.24, 2.45) is 0 Å². The van der Waals surface area contributed by atoms with E-state index in [1.165, 1.54) is 11.1 Å². The highest BCUT2D eigenvalue weighted by molar-refractivity contribution is 5.65. The van der Waals surface area contributed by atoms with Crippen LogP contribution >= 0.6 is 0 Å². The second kappa shape index (κ2) is 4.45. The van der Waals surface area contributed by atoms with E-state index in [0.717, 1.165) is 16.8 Å². The Morgan fingerprint density at radius 2 is 2.00 bits per heavy atom. The lowest BCUT2D eigenvalue weighted by Gasteiger charge is -2.08. The summed E-state index contributed by atoms with van der Waals surface area (Å²) in [7, 11) is 0. The molecule has 0 aliphatic rings. The van der Waals surface area contributed by atoms with Crippen LogP contribution in [0.4, 0.5) is 0 Å². The predicted octanol–water partition coefficient (Wildman–Crippen LogP) is 2.86. The molecule has 0 saturated heterocycles. The summed E-state index contributed by atoms with van der Waals surface area (Å²) in [5, 5.41) is 9.11. The Hall–Kier alpha value is -1.67. The third-order valence-electron chi connectivity index (χ3n) is 2.89. The largest absolute Gasteiger partial charge is 0.392 e. The van der Waals surface area contributed by atoms with Gasteiger partial charge in [0.15, 0.2) is 0 Å². The van der Waals surface area contributed by atoms with E-state index in [9.17, 15) is 0 Å². The number of aliphatic hydroxyl groups excluding tert-OH is 1. The summed E-state index contributed by atoms with van der Waals surface area (Å²) in [5.41, 5.74) is 5.45. The lowest BCUT2D eigenvalue weighted by Crippen LogP contribution is -1.91. The van der Waals surface area contributed by atoms with E-state index in [2.05, 4.69) is 31.0 Å². The zero-order chi connectivity index (χ0) is 11.5. The first-order valence-corrected chi connectivity index (χ1v) is 5.34. The Morgan fingerprint density at radius 1 is 1.19 bits per heavy atom. The fourth-order valence-corrected chi connectivity index (χ4v) is 1.75. The van der Waals surface area contributed by atoms with Crippen LogP contribution in [0.3, 0.4) is 0 Å². The molecule has 0 unspecified atom stereocenters. The molecule has 1 aromatic carbocycles. The van der Waals surface area contributed by atoms with Crippen LogP contribution < -0.4 is 0 Å². The highest BCUT2D eigenvalue weighted by Gasteiger charge is 2.05. The maximum absolute atomic E-state index is 9.11. The molecule has 1 heterocycles. The van der Waals surface area contributed by atoms with Crippen molar-refractivity contribution < 1.29 is 5.11 Å². The third-order valence-corrected chi connectivity index (χ3v) is 2.89. The van der Waals surface area contributed by atoms with Crippen LogP contribution in [0.25, 0.3) is 11.3 Å². The molecule has 1 aromatic heterocycles. The van der Waals surface area contributed by atoms with Gasteiger partial charge in [-0.2, -0.15) is 0 Å². The van der Waals surface area contributed by atoms with Crippen molar-refractivity contribution >= 4 is 0 Å². The van der Waals surface area contributed by atoms with Crippen molar-refractivity contribution in [1.82, 2.24) is 4.98 Å². The summed E-state index contributed by atoms with van der Waals surface area (Å²) in [6, 6.07) is 9.95. The molecule has 0 bridgehead atoms. The average molecular weight is 213 g/mol. The topological polar surface area (TPSA) is 33.1 Å². The molecule has 0 atom stereocenters. The normalized spacial score (nSPS) is 10.4. The van der Waals surface area contributed by atoms with Crippen molar-refractivity contribution in [2.45, 2.75) is 20.5 Å². The number of aromatic nitrogens is 1. The quantitative estimate of drug-likeness (QED) is 0.832. The first-order chi connectivity index (χ1) is 7.72. The van der Waals surface area contributed by atoms with E-state index >= 15 is 0 Å². The smallest absolute Gasteiger partial charge is 0.0708 e. The second-order valence-electron chi connectivity index (χ2n) is 3.95. The molecule has 2 aromatic rings. The van der Waals surface area contributed by atoms with Gasteiger partial charge in [0.05, 0.1) is 12.3 Å². The molecule has 0 amide bonds. The fourth-order valence-electron chi connectivity index (χ4n) is 1.75. The molecular weight excluding hydrogens is 198 g/mol. The van der Waals surface area contributed by atoms with Crippen molar-refractivity contribution in [3.63, 3.8) is 0 Å². The minimum atomic E-state index is 0.0559. The molecule has 0 radical (unpaired) electrons. The van der Waals surface area contributed by atoms with E-state index in [-0.39, 0.29) is 6.61 Å². The highest BCUT2D eigenvalue weighted by Crippen LogP contribution is 2.24. The van der Waals surface area contributed by atoms with Crippen LogP contribution in [0, 0.1) is 13.8 Å². The van der Waals surface area contributed by atoms with Gasteiger partial charge in [-0.15, -0.1) is 0 Å². The monoisotopic (exact) mass is 213 g/mol. The Kier molecular flexibility index (Phi) is 3.02. The van der Waals surface area contributed by atoms with Crippen LogP contribution in [-0.4, -0.2) is 10.1 Å². The summed E-state index contributed by atoms with van der Waals surface area (Å²) in [6.45, 7) is 4.24. The van der Waals surface area contributed by atoms with Crippen molar-refractivity contribution in [1.29, 1.82) is 0 Å². The first-order valence-electron chi connectivity index (χ1n) is 5.34. The van der Waals surface area contributed by atoms with Gasteiger partial charge in [-0.3, -0.25) is 4.98 Å². The Labute approximate surface area is 95.6 Å². The number of aliphatic hydroxyl groups is 1. The highest BCUT2D eigenvalue weighted by atomic mass is 16.3. The molecule has 2 nitrogen and oxygen atoms in total. The van der Waals surface area contributed by atoms with Gasteiger partial charge in [-0.25, -0.2) is 0 Å². The van der Waals surface area contributed by atoms with Gasteiger partial charge < -0.3 is 5.11 Å². The van der Waals surface area contributed by atoms with Crippen molar-refractivity contribution in [3.8, 4) is 11.3 Å². The molecule has 2 heteroatoms. The Balaban J connectivity index is 2.54. The molecule has 0 saturated carbocycles. The molecule has 2 rings (SSSR count). The molecule has 0 spiro atoms. The van der Waals surface area contributed by atoms with Crippen molar-refractivity contribution in [3.05, 3.63) is 53.2 Å². The van der Waals surface area contributed by atoms with E-state index in [1.807, 2.05) is 18.2 Å². The van der Waals surface area contributed by atoms with Crippen LogP contribution in [0.15, 0.2) is 36.5 Å². The van der Waals surface area contributed by atoms with Gasteiger partial charge in [0.2, 0.25) is 0 Å². The minimum Gasteiger partial charge on any atom is -0.392 e. The molecule has 82 valence electrons. The van der Waals surface area contributed by atoms with Crippen LogP contribution in [0.2, 0.25) is 0 Å². The summed E-state index contributed by atoms with van der Waals surface area (Å²) in [5.74, 6) is 0. The first kappa shape index (κ1) is 10.8. The zero-order valence-corrected chi connectivity index (χ0v) is 9.57. The van der Waals surface area contributed by atoms with Gasteiger partial charge in [0.25, 0.3) is 0 Å². The molecule has 0 fully saturated rings. The number of rotatable bonds is 2. The molecule has 0 aliphatic heterocycles. The maximum atomic E-state index is 9.11. The van der Waals surface area contributed by atoms with Crippen LogP contribution in [0.5, 0.6) is 0 Å². The Bertz CT molecular complexity index is 506. The van der Waals surface area contributed by atoms with E-state index in [1.54, 1.807) is 6.20 Å². The van der Waals surface area contributed by atoms with Gasteiger partial charge in [0.1, 0.15) is 0 Å². The number of hydrogen-bond donors (Lipinski definition) is 1. The summed E-state index contributed by atoms with van der Waals surface area (Å²) < 4.78 is 0. The summed E-state index contributed by atoms with van der Waals surface area (Å²) in [6.07, 6.45) is 1.74. The van der Waals surface area contributed by atoms with Crippen molar-refractivity contribution in [2.75, 3.05) is 0 Å². The molecule has 0 aliphatic carbocycles. The van der Waals surface area contributed by atoms with Crippen LogP contribution in [0.1, 0.15) is 16.7 Å². The standard InChI is InChI=1S/C14H15NO/c1-10-4-3-5-13(11(10)2)14-8-12(9-16)6-7-15-14/h3-8,16H,9H2,1-2H3. The van der Waals surface area contributed by atoms with Gasteiger partial charge in [-0.05, 0) is 42.7 Å². The third kappa shape index (κ3) is 1.97. The summed E-state index contributed by atoms with van der Waals surface area (Å²) >= 11 is 0. The zero-order valence-electron chi connectivity index (χ0n) is 9.57. The van der Waals surface area contributed by atoms with E-state index in [0.29, 0.717) is 0 Å². The minimum absolute atomic E-state index is 0.0559. The molecule has 1 N–H and O–H groups in total. The van der Waals surface area contributed by atoms with Gasteiger partial charge >= 0.3 is 0 Å².